The molecular weight excluding hydrogens is 269 g/mol. The smallest absolute Gasteiger partial charge is 0.486 e. The Morgan fingerprint density at radius 1 is 1.16 bits per heavy atom. The molecule has 2 aromatic carbocycles. The highest BCUT2D eigenvalue weighted by atomic mass is 35.5. The lowest BCUT2D eigenvalue weighted by atomic mass is 9.79. The van der Waals surface area contributed by atoms with Crippen LogP contribution in [0.5, 0.6) is 5.75 Å². The summed E-state index contributed by atoms with van der Waals surface area (Å²) in [4.78, 5) is 0. The minimum atomic E-state index is -1.85. The fourth-order valence-electron chi connectivity index (χ4n) is 1.65. The van der Waals surface area contributed by atoms with Gasteiger partial charge in [-0.2, -0.15) is 0 Å². The number of hydrogen-bond acceptors (Lipinski definition) is 3. The molecule has 0 spiro atoms. The fraction of sp³-hybridized carbons (Fsp3) is 0.0769. The minimum absolute atomic E-state index is 0.0765. The molecular formula is C13H11BClFO3. The molecule has 3 nitrogen and oxygen atoms in total. The van der Waals surface area contributed by atoms with Crippen molar-refractivity contribution >= 4 is 24.2 Å². The second-order valence-electron chi connectivity index (χ2n) is 3.95. The number of benzene rings is 2. The Hall–Kier alpha value is -1.56. The summed E-state index contributed by atoms with van der Waals surface area (Å²) < 4.78 is 19.1. The molecule has 0 radical (unpaired) electrons. The van der Waals surface area contributed by atoms with Crippen LogP contribution in [0.25, 0.3) is 0 Å². The molecule has 0 aromatic heterocycles. The molecule has 0 heterocycles. The molecule has 19 heavy (non-hydrogen) atoms. The molecule has 0 atom stereocenters. The summed E-state index contributed by atoms with van der Waals surface area (Å²) in [7, 11) is -1.85. The summed E-state index contributed by atoms with van der Waals surface area (Å²) in [5.74, 6) is -0.935. The Balaban J connectivity index is 2.24. The quantitative estimate of drug-likeness (QED) is 0.839. The van der Waals surface area contributed by atoms with E-state index < -0.39 is 12.9 Å². The Morgan fingerprint density at radius 3 is 2.47 bits per heavy atom. The SMILES string of the molecule is OB(O)c1cc(Cl)cc(F)c1OCc1ccccc1. The van der Waals surface area contributed by atoms with Crippen molar-refractivity contribution in [1.82, 2.24) is 0 Å². The summed E-state index contributed by atoms with van der Waals surface area (Å²) in [6.45, 7) is 0.124. The van der Waals surface area contributed by atoms with Crippen LogP contribution in [0.4, 0.5) is 4.39 Å². The van der Waals surface area contributed by atoms with Gasteiger partial charge in [-0.15, -0.1) is 0 Å². The number of ether oxygens (including phenoxy) is 1. The van der Waals surface area contributed by atoms with Crippen molar-refractivity contribution in [2.75, 3.05) is 0 Å². The highest BCUT2D eigenvalue weighted by molar-refractivity contribution is 6.60. The molecule has 2 aromatic rings. The van der Waals surface area contributed by atoms with Crippen LogP contribution in [0.15, 0.2) is 42.5 Å². The molecule has 0 aliphatic carbocycles. The highest BCUT2D eigenvalue weighted by Crippen LogP contribution is 2.20. The molecule has 0 bridgehead atoms. The van der Waals surface area contributed by atoms with Gasteiger partial charge in [0, 0.05) is 10.5 Å². The standard InChI is InChI=1S/C13H11BClFO3/c15-10-6-11(14(17)18)13(12(16)7-10)19-8-9-4-2-1-3-5-9/h1-7,17-18H,8H2. The van der Waals surface area contributed by atoms with Crippen LogP contribution < -0.4 is 10.2 Å². The van der Waals surface area contributed by atoms with Gasteiger partial charge in [0.15, 0.2) is 11.6 Å². The van der Waals surface area contributed by atoms with Crippen molar-refractivity contribution in [3.63, 3.8) is 0 Å². The van der Waals surface area contributed by atoms with Crippen molar-refractivity contribution in [2.24, 2.45) is 0 Å². The summed E-state index contributed by atoms with van der Waals surface area (Å²) in [5.41, 5.74) is 0.746. The first-order valence-electron chi connectivity index (χ1n) is 5.59. The van der Waals surface area contributed by atoms with Crippen LogP contribution >= 0.6 is 11.6 Å². The average Bonchev–Trinajstić information content (AvgIpc) is 2.38. The van der Waals surface area contributed by atoms with E-state index in [1.54, 1.807) is 0 Å². The molecule has 0 amide bonds. The Morgan fingerprint density at radius 2 is 1.84 bits per heavy atom. The van der Waals surface area contributed by atoms with Gasteiger partial charge in [0.25, 0.3) is 0 Å². The van der Waals surface area contributed by atoms with Crippen molar-refractivity contribution in [3.8, 4) is 5.75 Å². The molecule has 98 valence electrons. The third kappa shape index (κ3) is 3.47. The van der Waals surface area contributed by atoms with Crippen LogP contribution in [0.3, 0.4) is 0 Å². The Kier molecular flexibility index (Phi) is 4.42. The summed E-state index contributed by atoms with van der Waals surface area (Å²) >= 11 is 5.67. The molecule has 0 saturated heterocycles. The third-order valence-electron chi connectivity index (χ3n) is 2.54. The first-order valence-corrected chi connectivity index (χ1v) is 5.97. The first kappa shape index (κ1) is 13.9. The molecule has 0 unspecified atom stereocenters. The van der Waals surface area contributed by atoms with E-state index in [0.29, 0.717) is 0 Å². The molecule has 0 aliphatic heterocycles. The molecule has 6 heteroatoms. The van der Waals surface area contributed by atoms with Crippen LogP contribution in [0.2, 0.25) is 5.02 Å². The Labute approximate surface area is 115 Å². The summed E-state index contributed by atoms with van der Waals surface area (Å²) in [6.07, 6.45) is 0. The minimum Gasteiger partial charge on any atom is -0.486 e. The maximum Gasteiger partial charge on any atom is 0.492 e. The highest BCUT2D eigenvalue weighted by Gasteiger charge is 2.21. The van der Waals surface area contributed by atoms with Gasteiger partial charge in [0.2, 0.25) is 0 Å². The maximum atomic E-state index is 13.7. The predicted molar refractivity (Wildman–Crippen MR) is 72.0 cm³/mol. The monoisotopic (exact) mass is 280 g/mol. The van der Waals surface area contributed by atoms with Crippen LogP contribution in [0.1, 0.15) is 5.56 Å². The van der Waals surface area contributed by atoms with Gasteiger partial charge in [0.05, 0.1) is 0 Å². The molecule has 0 saturated carbocycles. The number of halogens is 2. The van der Waals surface area contributed by atoms with Crippen molar-refractivity contribution in [2.45, 2.75) is 6.61 Å². The molecule has 0 fully saturated rings. The zero-order chi connectivity index (χ0) is 13.8. The molecule has 2 N–H and O–H groups in total. The fourth-order valence-corrected chi connectivity index (χ4v) is 1.87. The lowest BCUT2D eigenvalue weighted by molar-refractivity contribution is 0.291. The summed E-state index contributed by atoms with van der Waals surface area (Å²) in [6, 6.07) is 11.5. The van der Waals surface area contributed by atoms with Crippen LogP contribution in [0, 0.1) is 5.82 Å². The van der Waals surface area contributed by atoms with Gasteiger partial charge >= 0.3 is 7.12 Å². The first-order chi connectivity index (χ1) is 9.08. The Bertz CT molecular complexity index is 563. The second-order valence-corrected chi connectivity index (χ2v) is 4.39. The average molecular weight is 280 g/mol. The van der Waals surface area contributed by atoms with E-state index in [1.165, 1.54) is 6.07 Å². The topological polar surface area (TPSA) is 49.7 Å². The number of rotatable bonds is 4. The second kappa shape index (κ2) is 6.06. The van der Waals surface area contributed by atoms with E-state index in [4.69, 9.17) is 16.3 Å². The van der Waals surface area contributed by atoms with E-state index >= 15 is 0 Å². The van der Waals surface area contributed by atoms with Gasteiger partial charge < -0.3 is 14.8 Å². The maximum absolute atomic E-state index is 13.7. The van der Waals surface area contributed by atoms with Crippen molar-refractivity contribution in [3.05, 3.63) is 58.9 Å². The van der Waals surface area contributed by atoms with Crippen molar-refractivity contribution in [1.29, 1.82) is 0 Å². The van der Waals surface area contributed by atoms with Crippen LogP contribution in [-0.4, -0.2) is 17.2 Å². The lowest BCUT2D eigenvalue weighted by Crippen LogP contribution is -2.32. The normalized spacial score (nSPS) is 10.3. The molecule has 2 rings (SSSR count). The third-order valence-corrected chi connectivity index (χ3v) is 2.76. The van der Waals surface area contributed by atoms with E-state index in [9.17, 15) is 14.4 Å². The van der Waals surface area contributed by atoms with Crippen molar-refractivity contribution < 1.29 is 19.2 Å². The van der Waals surface area contributed by atoms with E-state index in [2.05, 4.69) is 0 Å². The van der Waals surface area contributed by atoms with Gasteiger partial charge in [-0.05, 0) is 17.7 Å². The lowest BCUT2D eigenvalue weighted by Gasteiger charge is -2.12. The van der Waals surface area contributed by atoms with Crippen LogP contribution in [-0.2, 0) is 6.61 Å². The van der Waals surface area contributed by atoms with E-state index in [-0.39, 0.29) is 22.8 Å². The predicted octanol–water partition coefficient (Wildman–Crippen LogP) is 1.74. The zero-order valence-corrected chi connectivity index (χ0v) is 10.6. The van der Waals surface area contributed by atoms with Gasteiger partial charge in [0.1, 0.15) is 6.61 Å². The van der Waals surface area contributed by atoms with E-state index in [0.717, 1.165) is 11.6 Å². The van der Waals surface area contributed by atoms with Gasteiger partial charge in [-0.3, -0.25) is 0 Å². The molecule has 0 aliphatic rings. The zero-order valence-electron chi connectivity index (χ0n) is 9.88. The number of hydrogen-bond donors (Lipinski definition) is 2. The van der Waals surface area contributed by atoms with Gasteiger partial charge in [-0.1, -0.05) is 41.9 Å². The summed E-state index contributed by atoms with van der Waals surface area (Å²) in [5, 5.41) is 18.5. The largest absolute Gasteiger partial charge is 0.492 e. The van der Waals surface area contributed by atoms with E-state index in [1.807, 2.05) is 30.3 Å². The van der Waals surface area contributed by atoms with Gasteiger partial charge in [-0.25, -0.2) is 4.39 Å².